The highest BCUT2D eigenvalue weighted by molar-refractivity contribution is 5.86. The van der Waals surface area contributed by atoms with Gasteiger partial charge in [-0.25, -0.2) is 8.78 Å². The summed E-state index contributed by atoms with van der Waals surface area (Å²) in [6, 6.07) is 16.6. The van der Waals surface area contributed by atoms with Gasteiger partial charge in [-0.15, -0.1) is 0 Å². The highest BCUT2D eigenvalue weighted by Gasteiger charge is 2.15. The first-order valence-corrected chi connectivity index (χ1v) is 6.27. The fourth-order valence-corrected chi connectivity index (χ4v) is 2.35. The van der Waals surface area contributed by atoms with Gasteiger partial charge in [0.15, 0.2) is 11.6 Å². The summed E-state index contributed by atoms with van der Waals surface area (Å²) in [6.45, 7) is 0. The molecule has 0 spiro atoms. The van der Waals surface area contributed by atoms with Gasteiger partial charge < -0.3 is 5.11 Å². The number of aliphatic hydroxyl groups excluding tert-OH is 1. The lowest BCUT2D eigenvalue weighted by Crippen LogP contribution is -2.01. The van der Waals surface area contributed by atoms with Crippen molar-refractivity contribution in [3.8, 4) is 0 Å². The van der Waals surface area contributed by atoms with Crippen LogP contribution in [0.2, 0.25) is 0 Å². The molecule has 0 fully saturated rings. The molecule has 20 heavy (non-hydrogen) atoms. The molecule has 0 aliphatic carbocycles. The van der Waals surface area contributed by atoms with Crippen molar-refractivity contribution in [2.75, 3.05) is 0 Å². The van der Waals surface area contributed by atoms with Gasteiger partial charge in [0, 0.05) is 0 Å². The number of aliphatic hydroxyl groups is 1. The molecular weight excluding hydrogens is 258 g/mol. The molecule has 1 N–H and O–H groups in total. The Morgan fingerprint density at radius 1 is 0.800 bits per heavy atom. The van der Waals surface area contributed by atoms with Crippen LogP contribution in [0.25, 0.3) is 10.8 Å². The van der Waals surface area contributed by atoms with Crippen molar-refractivity contribution < 1.29 is 13.9 Å². The minimum atomic E-state index is -0.990. The van der Waals surface area contributed by atoms with Gasteiger partial charge in [0.1, 0.15) is 6.10 Å². The first-order valence-electron chi connectivity index (χ1n) is 6.27. The molecular formula is C17H12F2O. The molecule has 3 aromatic rings. The van der Waals surface area contributed by atoms with Crippen molar-refractivity contribution in [1.29, 1.82) is 0 Å². The van der Waals surface area contributed by atoms with E-state index >= 15 is 0 Å². The van der Waals surface area contributed by atoms with Crippen LogP contribution < -0.4 is 0 Å². The van der Waals surface area contributed by atoms with E-state index in [1.165, 1.54) is 6.07 Å². The molecule has 1 nitrogen and oxygen atoms in total. The standard InChI is InChI=1S/C17H12F2O/c18-15-9-8-12(10-16(15)19)17(20)14-7-3-5-11-4-1-2-6-13(11)14/h1-10,17,20H. The zero-order valence-electron chi connectivity index (χ0n) is 10.6. The van der Waals surface area contributed by atoms with Gasteiger partial charge in [-0.2, -0.15) is 0 Å². The van der Waals surface area contributed by atoms with E-state index < -0.39 is 17.7 Å². The summed E-state index contributed by atoms with van der Waals surface area (Å²) in [5.41, 5.74) is 1.01. The molecule has 3 rings (SSSR count). The van der Waals surface area contributed by atoms with Gasteiger partial charge in [0.2, 0.25) is 0 Å². The Labute approximate surface area is 115 Å². The molecule has 0 amide bonds. The average molecular weight is 270 g/mol. The van der Waals surface area contributed by atoms with E-state index in [1.807, 2.05) is 36.4 Å². The third-order valence-corrected chi connectivity index (χ3v) is 3.38. The number of hydrogen-bond acceptors (Lipinski definition) is 1. The zero-order chi connectivity index (χ0) is 14.1. The molecule has 0 aliphatic rings. The SMILES string of the molecule is OC(c1ccc(F)c(F)c1)c1cccc2ccccc12. The minimum Gasteiger partial charge on any atom is -0.384 e. The van der Waals surface area contributed by atoms with Gasteiger partial charge in [-0.3, -0.25) is 0 Å². The number of fused-ring (bicyclic) bond motifs is 1. The lowest BCUT2D eigenvalue weighted by Gasteiger charge is -2.14. The molecule has 0 aliphatic heterocycles. The first-order chi connectivity index (χ1) is 9.66. The summed E-state index contributed by atoms with van der Waals surface area (Å²) in [5, 5.41) is 12.3. The summed E-state index contributed by atoms with van der Waals surface area (Å²) in [6.07, 6.45) is -0.990. The maximum Gasteiger partial charge on any atom is 0.159 e. The summed E-state index contributed by atoms with van der Waals surface area (Å²) < 4.78 is 26.2. The topological polar surface area (TPSA) is 20.2 Å². The summed E-state index contributed by atoms with van der Waals surface area (Å²) >= 11 is 0. The summed E-state index contributed by atoms with van der Waals surface area (Å²) in [5.74, 6) is -1.87. The molecule has 0 bridgehead atoms. The zero-order valence-corrected chi connectivity index (χ0v) is 10.6. The normalized spacial score (nSPS) is 12.6. The number of benzene rings is 3. The van der Waals surface area contributed by atoms with Crippen molar-refractivity contribution >= 4 is 10.8 Å². The maximum absolute atomic E-state index is 13.3. The van der Waals surface area contributed by atoms with Crippen LogP contribution in [-0.2, 0) is 0 Å². The van der Waals surface area contributed by atoms with Crippen molar-refractivity contribution in [1.82, 2.24) is 0 Å². The predicted octanol–water partition coefficient (Wildman–Crippen LogP) is 4.20. The van der Waals surface area contributed by atoms with Crippen LogP contribution in [0, 0.1) is 11.6 Å². The van der Waals surface area contributed by atoms with Gasteiger partial charge in [-0.1, -0.05) is 48.5 Å². The fourth-order valence-electron chi connectivity index (χ4n) is 2.35. The molecule has 3 heteroatoms. The van der Waals surface area contributed by atoms with Crippen LogP contribution in [0.5, 0.6) is 0 Å². The molecule has 0 heterocycles. The third-order valence-electron chi connectivity index (χ3n) is 3.38. The highest BCUT2D eigenvalue weighted by atomic mass is 19.2. The molecule has 0 saturated heterocycles. The Morgan fingerprint density at radius 2 is 1.55 bits per heavy atom. The van der Waals surface area contributed by atoms with Gasteiger partial charge >= 0.3 is 0 Å². The summed E-state index contributed by atoms with van der Waals surface area (Å²) in [4.78, 5) is 0. The molecule has 100 valence electrons. The molecule has 1 atom stereocenters. The molecule has 1 unspecified atom stereocenters. The smallest absolute Gasteiger partial charge is 0.159 e. The first kappa shape index (κ1) is 12.8. The molecule has 3 aromatic carbocycles. The van der Waals surface area contributed by atoms with Crippen molar-refractivity contribution in [2.24, 2.45) is 0 Å². The third kappa shape index (κ3) is 2.17. The second kappa shape index (κ2) is 5.02. The van der Waals surface area contributed by atoms with E-state index in [0.717, 1.165) is 22.9 Å². The number of halogens is 2. The van der Waals surface area contributed by atoms with Crippen molar-refractivity contribution in [3.05, 3.63) is 83.4 Å². The van der Waals surface area contributed by atoms with E-state index in [1.54, 1.807) is 6.07 Å². The monoisotopic (exact) mass is 270 g/mol. The van der Waals surface area contributed by atoms with E-state index in [2.05, 4.69) is 0 Å². The van der Waals surface area contributed by atoms with Crippen molar-refractivity contribution in [3.63, 3.8) is 0 Å². The largest absolute Gasteiger partial charge is 0.384 e. The Hall–Kier alpha value is -2.26. The Kier molecular flexibility index (Phi) is 3.20. The Bertz CT molecular complexity index is 763. The molecule has 0 saturated carbocycles. The fraction of sp³-hybridized carbons (Fsp3) is 0.0588. The van der Waals surface area contributed by atoms with E-state index in [-0.39, 0.29) is 0 Å². The van der Waals surface area contributed by atoms with Crippen LogP contribution in [0.3, 0.4) is 0 Å². The minimum absolute atomic E-state index is 0.334. The van der Waals surface area contributed by atoms with Crippen LogP contribution in [0.4, 0.5) is 8.78 Å². The highest BCUT2D eigenvalue weighted by Crippen LogP contribution is 2.29. The second-order valence-electron chi connectivity index (χ2n) is 4.64. The summed E-state index contributed by atoms with van der Waals surface area (Å²) in [7, 11) is 0. The second-order valence-corrected chi connectivity index (χ2v) is 4.64. The van der Waals surface area contributed by atoms with Gasteiger partial charge in [0.05, 0.1) is 0 Å². The maximum atomic E-state index is 13.3. The Balaban J connectivity index is 2.12. The van der Waals surface area contributed by atoms with Gasteiger partial charge in [-0.05, 0) is 34.0 Å². The van der Waals surface area contributed by atoms with E-state index in [4.69, 9.17) is 0 Å². The number of hydrogen-bond donors (Lipinski definition) is 1. The van der Waals surface area contributed by atoms with Gasteiger partial charge in [0.25, 0.3) is 0 Å². The van der Waals surface area contributed by atoms with Crippen LogP contribution in [0.15, 0.2) is 60.7 Å². The predicted molar refractivity (Wildman–Crippen MR) is 74.4 cm³/mol. The lowest BCUT2D eigenvalue weighted by molar-refractivity contribution is 0.221. The van der Waals surface area contributed by atoms with Crippen LogP contribution in [-0.4, -0.2) is 5.11 Å². The van der Waals surface area contributed by atoms with E-state index in [9.17, 15) is 13.9 Å². The average Bonchev–Trinajstić information content (AvgIpc) is 2.49. The molecule has 0 radical (unpaired) electrons. The lowest BCUT2D eigenvalue weighted by atomic mass is 9.96. The van der Waals surface area contributed by atoms with Crippen LogP contribution in [0.1, 0.15) is 17.2 Å². The quantitative estimate of drug-likeness (QED) is 0.740. The Morgan fingerprint density at radius 3 is 2.35 bits per heavy atom. The number of rotatable bonds is 2. The molecule has 0 aromatic heterocycles. The van der Waals surface area contributed by atoms with Crippen LogP contribution >= 0.6 is 0 Å². The van der Waals surface area contributed by atoms with Crippen molar-refractivity contribution in [2.45, 2.75) is 6.10 Å². The van der Waals surface area contributed by atoms with E-state index in [0.29, 0.717) is 11.1 Å².